The third-order valence-corrected chi connectivity index (χ3v) is 4.88. The van der Waals surface area contributed by atoms with E-state index in [0.29, 0.717) is 13.0 Å². The average molecular weight is 473 g/mol. The van der Waals surface area contributed by atoms with Gasteiger partial charge in [0, 0.05) is 51.1 Å². The molecule has 6 heteroatoms. The first-order valence-corrected chi connectivity index (χ1v) is 10.4. The normalized spacial score (nSPS) is 18.6. The van der Waals surface area contributed by atoms with Crippen molar-refractivity contribution in [2.75, 3.05) is 6.54 Å². The quantitative estimate of drug-likeness (QED) is 0.407. The van der Waals surface area contributed by atoms with Crippen LogP contribution in [0.15, 0.2) is 0 Å². The van der Waals surface area contributed by atoms with Gasteiger partial charge in [0.05, 0.1) is 5.25 Å². The number of unbranched alkanes of at least 4 members (excludes halogenated alkanes) is 1. The number of imide groups is 1. The molecule has 0 aromatic heterocycles. The van der Waals surface area contributed by atoms with Gasteiger partial charge in [0.15, 0.2) is 0 Å². The van der Waals surface area contributed by atoms with E-state index in [4.69, 9.17) is 0 Å². The Morgan fingerprint density at radius 3 is 2.07 bits per heavy atom. The second-order valence-corrected chi connectivity index (χ2v) is 10.1. The monoisotopic (exact) mass is 472 g/mol. The average Bonchev–Trinajstić information content (AvgIpc) is 2.76. The van der Waals surface area contributed by atoms with Crippen LogP contribution < -0.4 is 0 Å². The zero-order valence-electron chi connectivity index (χ0n) is 18.3. The minimum absolute atomic E-state index is 0. The van der Waals surface area contributed by atoms with E-state index in [2.05, 4.69) is 34.0 Å². The summed E-state index contributed by atoms with van der Waals surface area (Å²) in [6.07, 6.45) is 6.67. The summed E-state index contributed by atoms with van der Waals surface area (Å²) in [5.74, 6) is 0.0977. The van der Waals surface area contributed by atoms with Crippen LogP contribution in [-0.4, -0.2) is 34.3 Å². The molecule has 1 heterocycles. The van der Waals surface area contributed by atoms with Gasteiger partial charge in [-0.1, -0.05) is 61.3 Å². The molecule has 0 bridgehead atoms. The van der Waals surface area contributed by atoms with Crippen molar-refractivity contribution in [1.82, 2.24) is 4.90 Å². The zero-order chi connectivity index (χ0) is 20.7. The van der Waals surface area contributed by atoms with Gasteiger partial charge in [-0.15, -0.1) is 5.92 Å². The van der Waals surface area contributed by atoms with Gasteiger partial charge in [0.1, 0.15) is 5.78 Å². The first-order chi connectivity index (χ1) is 11.7. The van der Waals surface area contributed by atoms with Crippen LogP contribution in [0.25, 0.3) is 0 Å². The minimum atomic E-state index is -0.252. The number of likely N-dealkylation sites (tertiary alicyclic amines) is 1. The largest absolute Gasteiger partial charge is 0.341 e. The van der Waals surface area contributed by atoms with Gasteiger partial charge in [-0.3, -0.25) is 20.7 Å². The second-order valence-electron chi connectivity index (χ2n) is 9.17. The molecule has 1 aliphatic heterocycles. The molecule has 2 unspecified atom stereocenters. The number of Topliss-reactive ketones (excluding diaryl/α,β-unsaturated/α-hetero) is 1. The topological polar surface area (TPSA) is 54.5 Å². The van der Waals surface area contributed by atoms with Crippen LogP contribution in [0.1, 0.15) is 74.1 Å². The summed E-state index contributed by atoms with van der Waals surface area (Å²) in [5.41, 5.74) is -0.0645. The van der Waals surface area contributed by atoms with Gasteiger partial charge in [0.25, 0.3) is 0 Å². The van der Waals surface area contributed by atoms with Gasteiger partial charge >= 0.3 is 0 Å². The maximum absolute atomic E-state index is 11.8. The summed E-state index contributed by atoms with van der Waals surface area (Å²) in [5, 5.41) is -0.232. The number of rotatable bonds is 6. The molecular formula is C21H37NO3SY-2. The molecule has 0 aromatic rings. The molecule has 0 N–H and O–H groups in total. The number of ketones is 1. The predicted molar refractivity (Wildman–Crippen MR) is 110 cm³/mol. The molecule has 1 fully saturated rings. The molecule has 0 spiro atoms. The molecule has 0 saturated carbocycles. The first-order valence-electron chi connectivity index (χ1n) is 9.37. The summed E-state index contributed by atoms with van der Waals surface area (Å²) in [6.45, 7) is 18.8. The maximum Gasteiger partial charge on any atom is 0.240 e. The van der Waals surface area contributed by atoms with Crippen LogP contribution in [0.2, 0.25) is 0 Å². The number of hydrogen-bond donors (Lipinski definition) is 0. The SMILES string of the molecule is [CH2-]C(CC(C)(C)C)C(=O)C(C)(C)C.[CH2-]SC1CC(=O)N(CCCC)C1=O.[Y]. The van der Waals surface area contributed by atoms with Crippen LogP contribution in [0.3, 0.4) is 0 Å². The molecule has 2 atom stereocenters. The molecule has 2 amide bonds. The van der Waals surface area contributed by atoms with Crippen molar-refractivity contribution in [2.24, 2.45) is 16.7 Å². The predicted octanol–water partition coefficient (Wildman–Crippen LogP) is 4.92. The number of nitrogens with zero attached hydrogens (tertiary/aromatic N) is 1. The zero-order valence-corrected chi connectivity index (χ0v) is 21.9. The second kappa shape index (κ2) is 12.7. The standard InChI is InChI=1S/C12H23O.C9H14NO2S.Y/c1-9(8-11(2,3)4)10(13)12(5,6)7;1-3-4-5-10-8(11)6-7(13-2)9(10)12;/h9H,1,8H2,2-7H3;7H,2-6H2,1H3;/q2*-1;. The van der Waals surface area contributed by atoms with E-state index in [9.17, 15) is 14.4 Å². The third-order valence-electron chi connectivity index (χ3n) is 4.11. The van der Waals surface area contributed by atoms with Crippen molar-refractivity contribution in [1.29, 1.82) is 0 Å². The van der Waals surface area contributed by atoms with Crippen LogP contribution in [0, 0.1) is 29.9 Å². The van der Waals surface area contributed by atoms with E-state index in [1.54, 1.807) is 0 Å². The molecule has 155 valence electrons. The van der Waals surface area contributed by atoms with Gasteiger partial charge in [-0.2, -0.15) is 0 Å². The Morgan fingerprint density at radius 1 is 1.22 bits per heavy atom. The Kier molecular flexibility index (Phi) is 13.9. The molecule has 0 aromatic carbocycles. The smallest absolute Gasteiger partial charge is 0.240 e. The van der Waals surface area contributed by atoms with E-state index >= 15 is 0 Å². The van der Waals surface area contributed by atoms with Crippen LogP contribution in [-0.2, 0) is 47.1 Å². The summed E-state index contributed by atoms with van der Waals surface area (Å²) in [4.78, 5) is 36.0. The molecular weight excluding hydrogens is 435 g/mol. The van der Waals surface area contributed by atoms with Gasteiger partial charge < -0.3 is 23.5 Å². The van der Waals surface area contributed by atoms with Crippen LogP contribution in [0.5, 0.6) is 0 Å². The maximum atomic E-state index is 11.8. The van der Waals surface area contributed by atoms with Crippen molar-refractivity contribution in [2.45, 2.75) is 79.4 Å². The molecule has 27 heavy (non-hydrogen) atoms. The van der Waals surface area contributed by atoms with Crippen molar-refractivity contribution in [3.8, 4) is 0 Å². The Labute approximate surface area is 196 Å². The van der Waals surface area contributed by atoms with Gasteiger partial charge in [-0.05, 0) is 11.8 Å². The number of amides is 2. The molecule has 1 aliphatic rings. The number of carbonyl (C=O) groups excluding carboxylic acids is 3. The van der Waals surface area contributed by atoms with E-state index in [1.807, 2.05) is 27.7 Å². The fourth-order valence-electron chi connectivity index (χ4n) is 2.78. The molecule has 1 rings (SSSR count). The van der Waals surface area contributed by atoms with Crippen molar-refractivity contribution in [3.63, 3.8) is 0 Å². The van der Waals surface area contributed by atoms with Crippen molar-refractivity contribution in [3.05, 3.63) is 13.2 Å². The molecule has 0 aliphatic carbocycles. The first kappa shape index (κ1) is 29.5. The van der Waals surface area contributed by atoms with Gasteiger partial charge in [0.2, 0.25) is 11.8 Å². The van der Waals surface area contributed by atoms with E-state index in [0.717, 1.165) is 19.3 Å². The number of carbonyl (C=O) groups is 3. The van der Waals surface area contributed by atoms with E-state index in [1.165, 1.54) is 16.7 Å². The Hall–Kier alpha value is 0.264. The fourth-order valence-corrected chi connectivity index (χ4v) is 3.31. The summed E-state index contributed by atoms with van der Waals surface area (Å²) in [7, 11) is 0. The summed E-state index contributed by atoms with van der Waals surface area (Å²) < 4.78 is 0. The van der Waals surface area contributed by atoms with Gasteiger partial charge in [-0.25, -0.2) is 0 Å². The fraction of sp³-hybridized carbons (Fsp3) is 0.762. The van der Waals surface area contributed by atoms with Crippen molar-refractivity contribution >= 4 is 29.4 Å². The summed E-state index contributed by atoms with van der Waals surface area (Å²) >= 11 is 1.22. The van der Waals surface area contributed by atoms with Crippen molar-refractivity contribution < 1.29 is 47.1 Å². The van der Waals surface area contributed by atoms with Crippen LogP contribution in [0.4, 0.5) is 0 Å². The van der Waals surface area contributed by atoms with Crippen LogP contribution >= 0.6 is 11.8 Å². The Morgan fingerprint density at radius 2 is 1.74 bits per heavy atom. The molecule has 1 radical (unpaired) electrons. The number of thioether (sulfide) groups is 1. The molecule has 1 saturated heterocycles. The van der Waals surface area contributed by atoms with E-state index in [-0.39, 0.29) is 72.3 Å². The van der Waals surface area contributed by atoms with E-state index < -0.39 is 0 Å². The number of hydrogen-bond acceptors (Lipinski definition) is 4. The molecule has 4 nitrogen and oxygen atoms in total. The third kappa shape index (κ3) is 11.1. The Bertz CT molecular complexity index is 495. The Balaban J connectivity index is 0. The minimum Gasteiger partial charge on any atom is -0.341 e. The summed E-state index contributed by atoms with van der Waals surface area (Å²) in [6, 6.07) is 0.